The van der Waals surface area contributed by atoms with Crippen molar-refractivity contribution in [2.24, 2.45) is 23.5 Å². The summed E-state index contributed by atoms with van der Waals surface area (Å²) in [6.45, 7) is 1.94. The lowest BCUT2D eigenvalue weighted by Gasteiger charge is -2.27. The van der Waals surface area contributed by atoms with E-state index in [2.05, 4.69) is 10.6 Å². The van der Waals surface area contributed by atoms with Crippen LogP contribution in [0.2, 0.25) is 0 Å². The summed E-state index contributed by atoms with van der Waals surface area (Å²) in [6.07, 6.45) is 5.47. The van der Waals surface area contributed by atoms with Crippen LogP contribution in [0.3, 0.4) is 0 Å². The third-order valence-corrected chi connectivity index (χ3v) is 5.95. The van der Waals surface area contributed by atoms with Gasteiger partial charge in [-0.15, -0.1) is 0 Å². The Hall–Kier alpha value is -1.88. The van der Waals surface area contributed by atoms with Gasteiger partial charge in [0.15, 0.2) is 0 Å². The average Bonchev–Trinajstić information content (AvgIpc) is 3.14. The van der Waals surface area contributed by atoms with Gasteiger partial charge in [-0.05, 0) is 68.6 Å². The summed E-state index contributed by atoms with van der Waals surface area (Å²) in [5, 5.41) is 6.02. The van der Waals surface area contributed by atoms with Gasteiger partial charge < -0.3 is 16.4 Å². The Kier molecular flexibility index (Phi) is 3.83. The molecule has 5 heteroatoms. The van der Waals surface area contributed by atoms with Crippen molar-refractivity contribution in [1.29, 1.82) is 0 Å². The monoisotopic (exact) mass is 327 g/mol. The number of fused-ring (bicyclic) bond motifs is 2. The number of hydrogen-bond acceptors (Lipinski definition) is 3. The molecule has 0 aromatic heterocycles. The molecule has 2 bridgehead atoms. The second kappa shape index (κ2) is 5.88. The van der Waals surface area contributed by atoms with Gasteiger partial charge >= 0.3 is 0 Å². The number of benzene rings is 1. The molecule has 0 aliphatic heterocycles. The van der Waals surface area contributed by atoms with Gasteiger partial charge in [-0.1, -0.05) is 6.07 Å². The maximum atomic E-state index is 12.7. The Bertz CT molecular complexity index is 681. The highest BCUT2D eigenvalue weighted by molar-refractivity contribution is 5.98. The lowest BCUT2D eigenvalue weighted by atomic mass is 9.84. The molecule has 4 atom stereocenters. The Morgan fingerprint density at radius 3 is 2.54 bits per heavy atom. The molecule has 0 spiro atoms. The molecule has 4 N–H and O–H groups in total. The number of rotatable bonds is 4. The normalized spacial score (nSPS) is 31.1. The van der Waals surface area contributed by atoms with Crippen molar-refractivity contribution < 1.29 is 9.59 Å². The molecule has 0 radical (unpaired) electrons. The predicted molar refractivity (Wildman–Crippen MR) is 92.6 cm³/mol. The zero-order valence-corrected chi connectivity index (χ0v) is 14.0. The fraction of sp³-hybridized carbons (Fsp3) is 0.579. The highest BCUT2D eigenvalue weighted by atomic mass is 16.2. The van der Waals surface area contributed by atoms with Crippen molar-refractivity contribution in [2.45, 2.75) is 51.1 Å². The Morgan fingerprint density at radius 1 is 1.12 bits per heavy atom. The summed E-state index contributed by atoms with van der Waals surface area (Å²) >= 11 is 0. The predicted octanol–water partition coefficient (Wildman–Crippen LogP) is 2.20. The van der Waals surface area contributed by atoms with Gasteiger partial charge in [0, 0.05) is 23.3 Å². The fourth-order valence-corrected chi connectivity index (χ4v) is 4.34. The highest BCUT2D eigenvalue weighted by Crippen LogP contribution is 2.48. The van der Waals surface area contributed by atoms with Crippen LogP contribution in [0.4, 0.5) is 5.69 Å². The molecule has 4 unspecified atom stereocenters. The quantitative estimate of drug-likeness (QED) is 0.792. The number of aryl methyl sites for hydroxylation is 1. The first kappa shape index (κ1) is 15.6. The van der Waals surface area contributed by atoms with Crippen LogP contribution in [-0.2, 0) is 4.79 Å². The Labute approximate surface area is 142 Å². The fourth-order valence-electron chi connectivity index (χ4n) is 4.34. The minimum absolute atomic E-state index is 0.0116. The van der Waals surface area contributed by atoms with Crippen molar-refractivity contribution >= 4 is 17.5 Å². The molecule has 24 heavy (non-hydrogen) atoms. The molecule has 128 valence electrons. The summed E-state index contributed by atoms with van der Waals surface area (Å²) in [6, 6.07) is 5.78. The first-order chi connectivity index (χ1) is 11.5. The van der Waals surface area contributed by atoms with Crippen LogP contribution in [0.1, 0.15) is 48.0 Å². The minimum atomic E-state index is -0.0907. The van der Waals surface area contributed by atoms with E-state index in [1.54, 1.807) is 6.07 Å². The van der Waals surface area contributed by atoms with Crippen LogP contribution in [0.5, 0.6) is 0 Å². The molecular formula is C19H25N3O2. The molecule has 3 saturated carbocycles. The molecule has 3 aliphatic rings. The zero-order chi connectivity index (χ0) is 16.8. The van der Waals surface area contributed by atoms with Crippen molar-refractivity contribution in [3.63, 3.8) is 0 Å². The average molecular weight is 327 g/mol. The van der Waals surface area contributed by atoms with E-state index in [0.717, 1.165) is 43.4 Å². The second-order valence-corrected chi connectivity index (χ2v) is 7.70. The summed E-state index contributed by atoms with van der Waals surface area (Å²) in [5.41, 5.74) is 8.55. The van der Waals surface area contributed by atoms with E-state index >= 15 is 0 Å². The summed E-state index contributed by atoms with van der Waals surface area (Å²) < 4.78 is 0. The first-order valence-electron chi connectivity index (χ1n) is 9.01. The van der Waals surface area contributed by atoms with E-state index in [1.165, 1.54) is 0 Å². The van der Waals surface area contributed by atoms with Gasteiger partial charge in [-0.25, -0.2) is 0 Å². The molecule has 1 aromatic carbocycles. The number of amides is 2. The molecule has 5 nitrogen and oxygen atoms in total. The smallest absolute Gasteiger partial charge is 0.251 e. The van der Waals surface area contributed by atoms with Crippen LogP contribution >= 0.6 is 0 Å². The molecule has 4 rings (SSSR count). The summed E-state index contributed by atoms with van der Waals surface area (Å²) in [5.74, 6) is 0.781. The van der Waals surface area contributed by atoms with Crippen molar-refractivity contribution in [3.05, 3.63) is 29.3 Å². The summed E-state index contributed by atoms with van der Waals surface area (Å²) in [7, 11) is 0. The zero-order valence-electron chi connectivity index (χ0n) is 14.0. The van der Waals surface area contributed by atoms with Crippen molar-refractivity contribution in [3.8, 4) is 0 Å². The molecule has 0 heterocycles. The SMILES string of the molecule is Cc1ccc(C(=O)NC2CC2)cc1NC(=O)C1C2CCC(C2)C1N. The van der Waals surface area contributed by atoms with E-state index in [0.29, 0.717) is 23.4 Å². The number of nitrogens with one attached hydrogen (secondary N) is 2. The maximum absolute atomic E-state index is 12.7. The van der Waals surface area contributed by atoms with Gasteiger partial charge in [-0.2, -0.15) is 0 Å². The van der Waals surface area contributed by atoms with Crippen molar-refractivity contribution in [2.75, 3.05) is 5.32 Å². The van der Waals surface area contributed by atoms with Crippen LogP contribution < -0.4 is 16.4 Å². The van der Waals surface area contributed by atoms with Gasteiger partial charge in [0.2, 0.25) is 5.91 Å². The third kappa shape index (κ3) is 2.81. The highest BCUT2D eigenvalue weighted by Gasteiger charge is 2.49. The topological polar surface area (TPSA) is 84.2 Å². The van der Waals surface area contributed by atoms with E-state index < -0.39 is 0 Å². The van der Waals surface area contributed by atoms with Crippen molar-refractivity contribution in [1.82, 2.24) is 5.32 Å². The van der Waals surface area contributed by atoms with Gasteiger partial charge in [0.25, 0.3) is 5.91 Å². The number of anilines is 1. The number of carbonyl (C=O) groups is 2. The van der Waals surface area contributed by atoms with Gasteiger partial charge in [-0.3, -0.25) is 9.59 Å². The molecule has 3 fully saturated rings. The molecule has 3 aliphatic carbocycles. The second-order valence-electron chi connectivity index (χ2n) is 7.70. The number of carbonyl (C=O) groups excluding carboxylic acids is 2. The number of nitrogens with two attached hydrogens (primary N) is 1. The maximum Gasteiger partial charge on any atom is 0.251 e. The van der Waals surface area contributed by atoms with Gasteiger partial charge in [0.05, 0.1) is 5.92 Å². The van der Waals surface area contributed by atoms with E-state index in [1.807, 2.05) is 19.1 Å². The molecular weight excluding hydrogens is 302 g/mol. The minimum Gasteiger partial charge on any atom is -0.349 e. The first-order valence-corrected chi connectivity index (χ1v) is 9.01. The number of hydrogen-bond donors (Lipinski definition) is 3. The lowest BCUT2D eigenvalue weighted by Crippen LogP contribution is -2.42. The van der Waals surface area contributed by atoms with Gasteiger partial charge in [0.1, 0.15) is 0 Å². The Balaban J connectivity index is 1.49. The molecule has 2 amide bonds. The standard InChI is InChI=1S/C19H25N3O2/c1-10-2-3-13(18(23)21-14-6-7-14)9-15(10)22-19(24)16-11-4-5-12(8-11)17(16)20/h2-3,9,11-12,14,16-17H,4-8,20H2,1H3,(H,21,23)(H,22,24). The van der Waals surface area contributed by atoms with E-state index in [4.69, 9.17) is 5.73 Å². The van der Waals surface area contributed by atoms with Crippen LogP contribution in [0, 0.1) is 24.7 Å². The summed E-state index contributed by atoms with van der Waals surface area (Å²) in [4.78, 5) is 25.0. The molecule has 1 aromatic rings. The van der Waals surface area contributed by atoms with Crippen LogP contribution in [-0.4, -0.2) is 23.9 Å². The lowest BCUT2D eigenvalue weighted by molar-refractivity contribution is -0.121. The van der Waals surface area contributed by atoms with E-state index in [-0.39, 0.29) is 23.8 Å². The largest absolute Gasteiger partial charge is 0.349 e. The van der Waals surface area contributed by atoms with Crippen LogP contribution in [0.25, 0.3) is 0 Å². The Morgan fingerprint density at radius 2 is 1.88 bits per heavy atom. The third-order valence-electron chi connectivity index (χ3n) is 5.95. The van der Waals surface area contributed by atoms with E-state index in [9.17, 15) is 9.59 Å². The molecule has 0 saturated heterocycles. The van der Waals surface area contributed by atoms with Crippen LogP contribution in [0.15, 0.2) is 18.2 Å².